The Balaban J connectivity index is 1.65. The fourth-order valence-electron chi connectivity index (χ4n) is 4.79. The summed E-state index contributed by atoms with van der Waals surface area (Å²) in [4.78, 5) is 28.7. The molecule has 0 aliphatic heterocycles. The van der Waals surface area contributed by atoms with Crippen LogP contribution in [0.3, 0.4) is 0 Å². The summed E-state index contributed by atoms with van der Waals surface area (Å²) in [5.74, 6) is -0.774. The second kappa shape index (κ2) is 13.5. The number of nitrogens with zero attached hydrogens (tertiary/aromatic N) is 2. The summed E-state index contributed by atoms with van der Waals surface area (Å²) in [6.07, 6.45) is 5.08. The molecule has 1 atom stereocenters. The summed E-state index contributed by atoms with van der Waals surface area (Å²) in [6.45, 7) is 1.29. The topological polar surface area (TPSA) is 86.8 Å². The lowest BCUT2D eigenvalue weighted by atomic mass is 9.95. The Hall–Kier alpha value is -3.07. The third-order valence-corrected chi connectivity index (χ3v) is 9.40. The standard InChI is InChI=1S/C30H33Cl2N3O4S/c1-22(30(37)33-26-8-4-2-5-9-26)34(20-23-12-14-24(31)15-13-23)29(36)21-35(27-10-6-3-7-11-27)40(38,39)28-18-16-25(32)17-19-28/h3,6-7,10-19,22,26H,2,4-5,8-9,20-21H2,1H3,(H,33,37)/t22-/m1/s1. The molecule has 0 bridgehead atoms. The van der Waals surface area contributed by atoms with E-state index in [0.717, 1.165) is 42.0 Å². The average molecular weight is 603 g/mol. The molecule has 40 heavy (non-hydrogen) atoms. The van der Waals surface area contributed by atoms with Gasteiger partial charge in [0.2, 0.25) is 11.8 Å². The molecule has 3 aromatic carbocycles. The van der Waals surface area contributed by atoms with Crippen LogP contribution in [-0.4, -0.2) is 43.8 Å². The quantitative estimate of drug-likeness (QED) is 0.306. The molecule has 0 radical (unpaired) electrons. The minimum Gasteiger partial charge on any atom is -0.352 e. The van der Waals surface area contributed by atoms with E-state index in [1.807, 2.05) is 0 Å². The molecule has 0 heterocycles. The first-order valence-corrected chi connectivity index (χ1v) is 15.5. The second-order valence-electron chi connectivity index (χ2n) is 9.97. The van der Waals surface area contributed by atoms with Crippen molar-refractivity contribution < 1.29 is 18.0 Å². The summed E-state index contributed by atoms with van der Waals surface area (Å²) in [5.41, 5.74) is 1.10. The van der Waals surface area contributed by atoms with Crippen molar-refractivity contribution in [3.05, 3.63) is 94.5 Å². The zero-order chi connectivity index (χ0) is 28.7. The van der Waals surface area contributed by atoms with E-state index in [1.165, 1.54) is 29.2 Å². The number of halogens is 2. The number of hydrogen-bond acceptors (Lipinski definition) is 4. The summed E-state index contributed by atoms with van der Waals surface area (Å²) >= 11 is 12.1. The first kappa shape index (κ1) is 29.9. The number of benzene rings is 3. The molecular formula is C30H33Cl2N3O4S. The summed E-state index contributed by atoms with van der Waals surface area (Å²) in [6, 6.07) is 20.5. The van der Waals surface area contributed by atoms with E-state index in [4.69, 9.17) is 23.2 Å². The molecular weight excluding hydrogens is 569 g/mol. The number of anilines is 1. The highest BCUT2D eigenvalue weighted by atomic mass is 35.5. The van der Waals surface area contributed by atoms with Gasteiger partial charge in [0.1, 0.15) is 12.6 Å². The number of carbonyl (C=O) groups is 2. The van der Waals surface area contributed by atoms with Crippen LogP contribution < -0.4 is 9.62 Å². The normalized spacial score (nSPS) is 14.8. The largest absolute Gasteiger partial charge is 0.352 e. The number of amides is 2. The fraction of sp³-hybridized carbons (Fsp3) is 0.333. The Bertz CT molecular complexity index is 1400. The van der Waals surface area contributed by atoms with Gasteiger partial charge in [-0.2, -0.15) is 0 Å². The number of hydrogen-bond donors (Lipinski definition) is 1. The second-order valence-corrected chi connectivity index (χ2v) is 12.7. The van der Waals surface area contributed by atoms with Crippen LogP contribution in [0.15, 0.2) is 83.8 Å². The molecule has 0 spiro atoms. The van der Waals surface area contributed by atoms with E-state index in [9.17, 15) is 18.0 Å². The van der Waals surface area contributed by atoms with E-state index < -0.39 is 28.5 Å². The van der Waals surface area contributed by atoms with Gasteiger partial charge < -0.3 is 10.2 Å². The van der Waals surface area contributed by atoms with Crippen molar-refractivity contribution in [1.29, 1.82) is 0 Å². The maximum atomic E-state index is 14.0. The summed E-state index contributed by atoms with van der Waals surface area (Å²) in [7, 11) is -4.14. The third kappa shape index (κ3) is 7.56. The lowest BCUT2D eigenvalue weighted by Gasteiger charge is -2.33. The molecule has 1 saturated carbocycles. The number of nitrogens with one attached hydrogen (secondary N) is 1. The first-order chi connectivity index (χ1) is 19.1. The fourth-order valence-corrected chi connectivity index (χ4v) is 6.46. The van der Waals surface area contributed by atoms with Crippen LogP contribution in [0.1, 0.15) is 44.6 Å². The zero-order valence-corrected chi connectivity index (χ0v) is 24.6. The van der Waals surface area contributed by atoms with Crippen molar-refractivity contribution in [2.45, 2.75) is 62.6 Å². The Labute approximate surface area is 246 Å². The van der Waals surface area contributed by atoms with Crippen LogP contribution in [-0.2, 0) is 26.2 Å². The van der Waals surface area contributed by atoms with Crippen LogP contribution in [0.25, 0.3) is 0 Å². The van der Waals surface area contributed by atoms with Crippen LogP contribution in [0.2, 0.25) is 10.0 Å². The SMILES string of the molecule is C[C@H](C(=O)NC1CCCCC1)N(Cc1ccc(Cl)cc1)C(=O)CN(c1ccccc1)S(=O)(=O)c1ccc(Cl)cc1. The molecule has 1 N–H and O–H groups in total. The number of rotatable bonds is 10. The monoisotopic (exact) mass is 601 g/mol. The van der Waals surface area contributed by atoms with Crippen molar-refractivity contribution in [2.75, 3.05) is 10.8 Å². The number of para-hydroxylation sites is 1. The van der Waals surface area contributed by atoms with E-state index in [1.54, 1.807) is 61.5 Å². The van der Waals surface area contributed by atoms with Crippen LogP contribution in [0, 0.1) is 0 Å². The number of sulfonamides is 1. The lowest BCUT2D eigenvalue weighted by molar-refractivity contribution is -0.139. The predicted molar refractivity (Wildman–Crippen MR) is 159 cm³/mol. The van der Waals surface area contributed by atoms with Crippen molar-refractivity contribution >= 4 is 50.7 Å². The smallest absolute Gasteiger partial charge is 0.264 e. The van der Waals surface area contributed by atoms with Gasteiger partial charge in [-0.3, -0.25) is 13.9 Å². The Morgan fingerprint density at radius 1 is 0.875 bits per heavy atom. The maximum absolute atomic E-state index is 14.0. The summed E-state index contributed by atoms with van der Waals surface area (Å²) in [5, 5.41) is 4.04. The van der Waals surface area contributed by atoms with E-state index in [0.29, 0.717) is 15.7 Å². The van der Waals surface area contributed by atoms with Gasteiger partial charge in [-0.25, -0.2) is 8.42 Å². The van der Waals surface area contributed by atoms with Crippen LogP contribution in [0.5, 0.6) is 0 Å². The van der Waals surface area contributed by atoms with Gasteiger partial charge in [-0.15, -0.1) is 0 Å². The number of carbonyl (C=O) groups excluding carboxylic acids is 2. The molecule has 0 saturated heterocycles. The van der Waals surface area contributed by atoms with E-state index in [-0.39, 0.29) is 23.4 Å². The molecule has 4 rings (SSSR count). The summed E-state index contributed by atoms with van der Waals surface area (Å²) < 4.78 is 28.6. The van der Waals surface area contributed by atoms with Gasteiger partial charge in [0, 0.05) is 22.6 Å². The molecule has 0 aromatic heterocycles. The Morgan fingerprint density at radius 2 is 1.45 bits per heavy atom. The highest BCUT2D eigenvalue weighted by Gasteiger charge is 2.33. The van der Waals surface area contributed by atoms with Crippen molar-refractivity contribution in [3.63, 3.8) is 0 Å². The minimum atomic E-state index is -4.14. The minimum absolute atomic E-state index is 0.000828. The molecule has 212 valence electrons. The van der Waals surface area contributed by atoms with Gasteiger partial charge in [0.25, 0.3) is 10.0 Å². The third-order valence-electron chi connectivity index (χ3n) is 7.11. The zero-order valence-electron chi connectivity index (χ0n) is 22.3. The van der Waals surface area contributed by atoms with Gasteiger partial charge in [-0.05, 0) is 73.9 Å². The molecule has 3 aromatic rings. The van der Waals surface area contributed by atoms with Gasteiger partial charge in [-0.1, -0.05) is 72.8 Å². The Kier molecular flexibility index (Phi) is 10.1. The van der Waals surface area contributed by atoms with Gasteiger partial charge >= 0.3 is 0 Å². The maximum Gasteiger partial charge on any atom is 0.264 e. The van der Waals surface area contributed by atoms with Gasteiger partial charge in [0.05, 0.1) is 10.6 Å². The predicted octanol–water partition coefficient (Wildman–Crippen LogP) is 6.05. The molecule has 1 fully saturated rings. The first-order valence-electron chi connectivity index (χ1n) is 13.3. The lowest BCUT2D eigenvalue weighted by Crippen LogP contribution is -2.53. The molecule has 0 unspecified atom stereocenters. The van der Waals surface area contributed by atoms with Gasteiger partial charge in [0.15, 0.2) is 0 Å². The molecule has 7 nitrogen and oxygen atoms in total. The molecule has 2 amide bonds. The highest BCUT2D eigenvalue weighted by Crippen LogP contribution is 2.26. The van der Waals surface area contributed by atoms with Crippen molar-refractivity contribution in [2.24, 2.45) is 0 Å². The van der Waals surface area contributed by atoms with Crippen LogP contribution >= 0.6 is 23.2 Å². The average Bonchev–Trinajstić information content (AvgIpc) is 2.96. The van der Waals surface area contributed by atoms with Crippen molar-refractivity contribution in [3.8, 4) is 0 Å². The van der Waals surface area contributed by atoms with E-state index >= 15 is 0 Å². The van der Waals surface area contributed by atoms with Crippen LogP contribution in [0.4, 0.5) is 5.69 Å². The highest BCUT2D eigenvalue weighted by molar-refractivity contribution is 7.92. The Morgan fingerprint density at radius 3 is 2.05 bits per heavy atom. The molecule has 10 heteroatoms. The van der Waals surface area contributed by atoms with E-state index in [2.05, 4.69) is 5.32 Å². The van der Waals surface area contributed by atoms with Crippen molar-refractivity contribution in [1.82, 2.24) is 10.2 Å². The molecule has 1 aliphatic rings. The molecule has 1 aliphatic carbocycles.